The number of hydrogen-bond acceptors (Lipinski definition) is 2. The molecule has 1 saturated carbocycles. The van der Waals surface area contributed by atoms with Crippen molar-refractivity contribution < 1.29 is 4.79 Å². The lowest BCUT2D eigenvalue weighted by atomic mass is 9.98. The van der Waals surface area contributed by atoms with Crippen LogP contribution in [0.1, 0.15) is 44.2 Å². The average Bonchev–Trinajstić information content (AvgIpc) is 2.83. The zero-order chi connectivity index (χ0) is 14.7. The van der Waals surface area contributed by atoms with E-state index in [9.17, 15) is 4.79 Å². The minimum Gasteiger partial charge on any atom is -0.339 e. The molecule has 3 nitrogen and oxygen atoms in total. The van der Waals surface area contributed by atoms with Gasteiger partial charge in [0, 0.05) is 24.5 Å². The Balaban J connectivity index is 2.01. The molecule has 20 heavy (non-hydrogen) atoms. The fraction of sp³-hybridized carbons (Fsp3) is 0.562. The summed E-state index contributed by atoms with van der Waals surface area (Å²) in [6.45, 7) is 2.01. The van der Waals surface area contributed by atoms with Gasteiger partial charge in [-0.15, -0.1) is 0 Å². The third-order valence-electron chi connectivity index (χ3n) is 4.48. The van der Waals surface area contributed by atoms with E-state index >= 15 is 0 Å². The van der Waals surface area contributed by atoms with Gasteiger partial charge < -0.3 is 10.6 Å². The van der Waals surface area contributed by atoms with E-state index in [0.29, 0.717) is 17.4 Å². The molecule has 1 aromatic rings. The van der Waals surface area contributed by atoms with Crippen LogP contribution in [0.5, 0.6) is 0 Å². The smallest absolute Gasteiger partial charge is 0.223 e. The third kappa shape index (κ3) is 3.33. The number of benzene rings is 1. The molecule has 0 aliphatic heterocycles. The van der Waals surface area contributed by atoms with Crippen LogP contribution in [0.25, 0.3) is 0 Å². The van der Waals surface area contributed by atoms with Crippen molar-refractivity contribution in [1.82, 2.24) is 4.90 Å². The first kappa shape index (κ1) is 15.3. The van der Waals surface area contributed by atoms with E-state index in [1.54, 1.807) is 4.90 Å². The van der Waals surface area contributed by atoms with Crippen LogP contribution in [0.3, 0.4) is 0 Å². The summed E-state index contributed by atoms with van der Waals surface area (Å²) in [7, 11) is 1.84. The highest BCUT2D eigenvalue weighted by Crippen LogP contribution is 2.30. The van der Waals surface area contributed by atoms with Crippen LogP contribution in [0.4, 0.5) is 0 Å². The van der Waals surface area contributed by atoms with E-state index in [4.69, 9.17) is 17.3 Å². The largest absolute Gasteiger partial charge is 0.339 e. The highest BCUT2D eigenvalue weighted by molar-refractivity contribution is 6.31. The molecular weight excluding hydrogens is 272 g/mol. The summed E-state index contributed by atoms with van der Waals surface area (Å²) < 4.78 is 0. The molecule has 1 aromatic carbocycles. The summed E-state index contributed by atoms with van der Waals surface area (Å²) >= 11 is 6.20. The predicted octanol–water partition coefficient (Wildman–Crippen LogP) is 3.38. The molecule has 1 fully saturated rings. The Morgan fingerprint density at radius 1 is 1.45 bits per heavy atom. The quantitative estimate of drug-likeness (QED) is 0.925. The number of carbonyl (C=O) groups excluding carboxylic acids is 1. The monoisotopic (exact) mass is 294 g/mol. The highest BCUT2D eigenvalue weighted by Gasteiger charge is 2.28. The van der Waals surface area contributed by atoms with Crippen LogP contribution in [-0.4, -0.2) is 23.9 Å². The predicted molar refractivity (Wildman–Crippen MR) is 82.6 cm³/mol. The van der Waals surface area contributed by atoms with Crippen LogP contribution < -0.4 is 5.73 Å². The number of nitrogens with two attached hydrogens (primary N) is 1. The Kier molecular flexibility index (Phi) is 5.06. The maximum atomic E-state index is 12.4. The van der Waals surface area contributed by atoms with E-state index in [2.05, 4.69) is 0 Å². The lowest BCUT2D eigenvalue weighted by molar-refractivity contribution is -0.132. The molecule has 0 spiro atoms. The van der Waals surface area contributed by atoms with Gasteiger partial charge in [0.25, 0.3) is 0 Å². The summed E-state index contributed by atoms with van der Waals surface area (Å²) in [6.07, 6.45) is 3.80. The standard InChI is InChI=1S/C16H23ClN2O/c1-11(13-7-3-4-8-14(13)17)19(2)16(20)10-12-6-5-9-15(12)18/h3-4,7-8,11-12,15H,5-6,9-10,18H2,1-2H3/t11?,12-,15+/m0/s1. The first-order chi connectivity index (χ1) is 9.50. The minimum atomic E-state index is -0.0196. The molecule has 0 aromatic heterocycles. The van der Waals surface area contributed by atoms with Gasteiger partial charge in [-0.2, -0.15) is 0 Å². The van der Waals surface area contributed by atoms with E-state index in [0.717, 1.165) is 24.8 Å². The lowest BCUT2D eigenvalue weighted by Gasteiger charge is -2.28. The van der Waals surface area contributed by atoms with Crippen molar-refractivity contribution in [3.63, 3.8) is 0 Å². The van der Waals surface area contributed by atoms with Crippen LogP contribution in [-0.2, 0) is 4.79 Å². The van der Waals surface area contributed by atoms with Crippen molar-refractivity contribution in [3.05, 3.63) is 34.9 Å². The van der Waals surface area contributed by atoms with E-state index < -0.39 is 0 Å². The van der Waals surface area contributed by atoms with E-state index in [1.807, 2.05) is 38.2 Å². The summed E-state index contributed by atoms with van der Waals surface area (Å²) in [5, 5.41) is 0.706. The third-order valence-corrected chi connectivity index (χ3v) is 4.83. The Hall–Kier alpha value is -1.06. The summed E-state index contributed by atoms with van der Waals surface area (Å²) in [5.74, 6) is 0.489. The molecule has 0 radical (unpaired) electrons. The fourth-order valence-corrected chi connectivity index (χ4v) is 3.22. The molecule has 1 amide bonds. The van der Waals surface area contributed by atoms with Gasteiger partial charge in [0.2, 0.25) is 5.91 Å². The second-order valence-corrected chi connectivity index (χ2v) is 6.17. The number of halogens is 1. The molecule has 110 valence electrons. The van der Waals surface area contributed by atoms with Gasteiger partial charge in [-0.05, 0) is 37.3 Å². The van der Waals surface area contributed by atoms with Gasteiger partial charge in [-0.25, -0.2) is 0 Å². The second-order valence-electron chi connectivity index (χ2n) is 5.76. The van der Waals surface area contributed by atoms with E-state index in [1.165, 1.54) is 0 Å². The van der Waals surface area contributed by atoms with Crippen molar-refractivity contribution in [2.24, 2.45) is 11.7 Å². The number of carbonyl (C=O) groups is 1. The molecular formula is C16H23ClN2O. The Labute approximate surface area is 126 Å². The summed E-state index contributed by atoms with van der Waals surface area (Å²) in [5.41, 5.74) is 7.03. The van der Waals surface area contributed by atoms with Gasteiger partial charge in [0.15, 0.2) is 0 Å². The van der Waals surface area contributed by atoms with Crippen molar-refractivity contribution in [2.75, 3.05) is 7.05 Å². The first-order valence-electron chi connectivity index (χ1n) is 7.26. The summed E-state index contributed by atoms with van der Waals surface area (Å²) in [4.78, 5) is 14.2. The van der Waals surface area contributed by atoms with Gasteiger partial charge in [0.1, 0.15) is 0 Å². The Morgan fingerprint density at radius 2 is 2.15 bits per heavy atom. The number of hydrogen-bond donors (Lipinski definition) is 1. The molecule has 1 aliphatic carbocycles. The van der Waals surface area contributed by atoms with Crippen molar-refractivity contribution >= 4 is 17.5 Å². The van der Waals surface area contributed by atoms with Gasteiger partial charge in [-0.3, -0.25) is 4.79 Å². The molecule has 2 rings (SSSR count). The van der Waals surface area contributed by atoms with Crippen LogP contribution in [0, 0.1) is 5.92 Å². The normalized spacial score (nSPS) is 23.6. The van der Waals surface area contributed by atoms with Crippen molar-refractivity contribution in [1.29, 1.82) is 0 Å². The maximum absolute atomic E-state index is 12.4. The van der Waals surface area contributed by atoms with E-state index in [-0.39, 0.29) is 18.0 Å². The zero-order valence-electron chi connectivity index (χ0n) is 12.2. The second kappa shape index (κ2) is 6.59. The molecule has 0 bridgehead atoms. The number of amides is 1. The number of rotatable bonds is 4. The van der Waals surface area contributed by atoms with Gasteiger partial charge in [-0.1, -0.05) is 36.2 Å². The van der Waals surface area contributed by atoms with Crippen LogP contribution in [0.2, 0.25) is 5.02 Å². The average molecular weight is 295 g/mol. The Morgan fingerprint density at radius 3 is 2.75 bits per heavy atom. The lowest BCUT2D eigenvalue weighted by Crippen LogP contribution is -2.34. The minimum absolute atomic E-state index is 0.0196. The van der Waals surface area contributed by atoms with Crippen molar-refractivity contribution in [3.8, 4) is 0 Å². The topological polar surface area (TPSA) is 46.3 Å². The fourth-order valence-electron chi connectivity index (χ4n) is 2.93. The maximum Gasteiger partial charge on any atom is 0.223 e. The molecule has 1 aliphatic rings. The number of nitrogens with zero attached hydrogens (tertiary/aromatic N) is 1. The van der Waals surface area contributed by atoms with Crippen LogP contribution in [0.15, 0.2) is 24.3 Å². The molecule has 0 saturated heterocycles. The van der Waals surface area contributed by atoms with Gasteiger partial charge >= 0.3 is 0 Å². The molecule has 1 unspecified atom stereocenters. The van der Waals surface area contributed by atoms with Crippen LogP contribution >= 0.6 is 11.6 Å². The molecule has 3 atom stereocenters. The molecule has 2 N–H and O–H groups in total. The zero-order valence-corrected chi connectivity index (χ0v) is 12.9. The summed E-state index contributed by atoms with van der Waals surface area (Å²) in [6, 6.07) is 7.84. The highest BCUT2D eigenvalue weighted by atomic mass is 35.5. The van der Waals surface area contributed by atoms with Gasteiger partial charge in [0.05, 0.1) is 6.04 Å². The SMILES string of the molecule is CC(c1ccccc1Cl)N(C)C(=O)C[C@@H]1CCC[C@H]1N. The molecule has 4 heteroatoms. The molecule has 0 heterocycles. The first-order valence-corrected chi connectivity index (χ1v) is 7.64. The Bertz CT molecular complexity index is 477. The van der Waals surface area contributed by atoms with Crippen molar-refractivity contribution in [2.45, 2.75) is 44.7 Å².